The molecule has 1 aliphatic rings. The number of halogens is 3. The number of aromatic nitrogens is 1. The molecule has 1 aromatic heterocycles. The second-order valence-electron chi connectivity index (χ2n) is 8.90. The van der Waals surface area contributed by atoms with Gasteiger partial charge in [0, 0.05) is 11.0 Å². The van der Waals surface area contributed by atoms with Gasteiger partial charge in [0.25, 0.3) is 5.91 Å². The summed E-state index contributed by atoms with van der Waals surface area (Å²) in [5, 5.41) is 37.9. The highest BCUT2D eigenvalue weighted by Crippen LogP contribution is 2.31. The number of hydrogen-bond donors (Lipinski definition) is 7. The van der Waals surface area contributed by atoms with Crippen LogP contribution in [0, 0.1) is 11.6 Å². The lowest BCUT2D eigenvalue weighted by Gasteiger charge is -2.14. The molecule has 1 saturated heterocycles. The van der Waals surface area contributed by atoms with Crippen molar-refractivity contribution in [3.05, 3.63) is 39.4 Å². The maximum Gasteiger partial charge on any atom is 0.335 e. The van der Waals surface area contributed by atoms with Gasteiger partial charge in [-0.25, -0.2) is 23.2 Å². The van der Waals surface area contributed by atoms with Crippen LogP contribution < -0.4 is 21.1 Å². The second-order valence-corrected chi connectivity index (χ2v) is 10.6. The number of carboxylic acid groups (broad SMARTS) is 2. The van der Waals surface area contributed by atoms with Gasteiger partial charge in [-0.3, -0.25) is 10.1 Å². The normalized spacial score (nSPS) is 14.3. The quantitative estimate of drug-likeness (QED) is 0.151. The Balaban J connectivity index is 0.000000528. The molecule has 2 unspecified atom stereocenters. The largest absolute Gasteiger partial charge is 0.479 e. The Kier molecular flexibility index (Phi) is 13.9. The number of anilines is 1. The van der Waals surface area contributed by atoms with E-state index in [1.165, 1.54) is 12.8 Å². The highest BCUT2D eigenvalue weighted by atomic mass is 79.9. The molecule has 1 fully saturated rings. The number of hydrogen-bond acceptors (Lipinski definition) is 10. The number of aliphatic carboxylic acids is 2. The molecule has 2 heterocycles. The first-order chi connectivity index (χ1) is 19.8. The summed E-state index contributed by atoms with van der Waals surface area (Å²) in [6.07, 6.45) is -0.231. The third-order valence-corrected chi connectivity index (χ3v) is 6.99. The van der Waals surface area contributed by atoms with Crippen molar-refractivity contribution in [2.45, 2.75) is 44.5 Å². The third-order valence-electron chi connectivity index (χ3n) is 5.78. The highest BCUT2D eigenvalue weighted by Gasteiger charge is 2.29. The average molecular weight is 682 g/mol. The number of ether oxygens (including phenoxy) is 1. The predicted octanol–water partition coefficient (Wildman–Crippen LogP) is 1.74. The van der Waals surface area contributed by atoms with E-state index in [0.29, 0.717) is 6.54 Å². The Labute approximate surface area is 250 Å². The summed E-state index contributed by atoms with van der Waals surface area (Å²) < 4.78 is 37.5. The zero-order valence-electron chi connectivity index (χ0n) is 22.0. The number of rotatable bonds is 13. The summed E-state index contributed by atoms with van der Waals surface area (Å²) >= 11 is 3.79. The van der Waals surface area contributed by atoms with Crippen LogP contribution in [0.2, 0.25) is 0 Å². The fraction of sp³-hybridized carbons (Fsp3) is 0.458. The summed E-state index contributed by atoms with van der Waals surface area (Å²) in [5.41, 5.74) is 4.92. The fourth-order valence-corrected chi connectivity index (χ4v) is 4.75. The van der Waals surface area contributed by atoms with Crippen LogP contribution in [0.5, 0.6) is 5.88 Å². The first kappa shape index (κ1) is 34.7. The van der Waals surface area contributed by atoms with Crippen molar-refractivity contribution < 1.29 is 53.1 Å². The molecule has 0 spiro atoms. The van der Waals surface area contributed by atoms with Crippen LogP contribution in [0.15, 0.2) is 16.6 Å². The van der Waals surface area contributed by atoms with Crippen LogP contribution in [-0.2, 0) is 16.2 Å². The molecule has 0 aliphatic carbocycles. The van der Waals surface area contributed by atoms with Gasteiger partial charge in [-0.15, -0.1) is 0 Å². The lowest BCUT2D eigenvalue weighted by Crippen LogP contribution is -2.39. The molecule has 1 aromatic carbocycles. The molecule has 0 saturated carbocycles. The molecule has 14 nitrogen and oxygen atoms in total. The van der Waals surface area contributed by atoms with Crippen LogP contribution in [0.25, 0.3) is 0 Å². The molecule has 18 heteroatoms. The van der Waals surface area contributed by atoms with Crippen LogP contribution >= 0.6 is 27.5 Å². The molecule has 2 aromatic rings. The number of nitrogens with zero attached hydrogens (tertiary/aromatic N) is 2. The maximum atomic E-state index is 14.0. The fourth-order valence-electron chi connectivity index (χ4n) is 3.61. The van der Waals surface area contributed by atoms with Crippen molar-refractivity contribution in [2.75, 3.05) is 31.5 Å². The number of nitrogens with two attached hydrogens (primary N) is 1. The molecular weight excluding hydrogens is 652 g/mol. The van der Waals surface area contributed by atoms with Crippen molar-refractivity contribution >= 4 is 56.3 Å². The molecule has 0 radical (unpaired) electrons. The average Bonchev–Trinajstić information content (AvgIpc) is 3.57. The standard InChI is InChI=1S/C20H24BrF2N5O3S.C4H6O6/c21-12-9-14(22)13(15(23)10-12)11-31-18-16(17(24)29)19(32-27-18)26-20(30)25-5-1-2-6-28-7-3-4-8-28;5-1(3(7)8)2(6)4(9)10/h9-10H,1-8,11H2,(H2,24,29)(H2,25,26,30);1-2,5-6H,(H,7,8)(H,9,10). The van der Waals surface area contributed by atoms with Gasteiger partial charge in [0.2, 0.25) is 5.88 Å². The number of primary amides is 1. The lowest BCUT2D eigenvalue weighted by atomic mass is 10.2. The number of aliphatic hydroxyl groups is 2. The molecule has 1 aliphatic heterocycles. The minimum atomic E-state index is -2.27. The minimum absolute atomic E-state index is 0.0961. The van der Waals surface area contributed by atoms with Crippen LogP contribution in [0.4, 0.5) is 18.6 Å². The first-order valence-electron chi connectivity index (χ1n) is 12.5. The minimum Gasteiger partial charge on any atom is -0.479 e. The number of likely N-dealkylation sites (tertiary alicyclic amines) is 1. The van der Waals surface area contributed by atoms with E-state index in [2.05, 4.69) is 35.8 Å². The Morgan fingerprint density at radius 1 is 1.07 bits per heavy atom. The number of nitrogens with one attached hydrogen (secondary N) is 2. The van der Waals surface area contributed by atoms with Crippen molar-refractivity contribution in [1.29, 1.82) is 0 Å². The van der Waals surface area contributed by atoms with Crippen LogP contribution in [-0.4, -0.2) is 92.0 Å². The topological polar surface area (TPSA) is 225 Å². The van der Waals surface area contributed by atoms with E-state index in [9.17, 15) is 28.0 Å². The molecule has 0 bridgehead atoms. The van der Waals surface area contributed by atoms with Gasteiger partial charge in [0.1, 0.15) is 28.8 Å². The highest BCUT2D eigenvalue weighted by molar-refractivity contribution is 9.10. The molecule has 232 valence electrons. The van der Waals surface area contributed by atoms with Crippen LogP contribution in [0.1, 0.15) is 41.6 Å². The number of carbonyl (C=O) groups is 4. The predicted molar refractivity (Wildman–Crippen MR) is 148 cm³/mol. The molecular formula is C24H30BrF2N5O9S. The number of carboxylic acids is 2. The number of amides is 3. The summed E-state index contributed by atoms with van der Waals surface area (Å²) in [6, 6.07) is 1.69. The summed E-state index contributed by atoms with van der Waals surface area (Å²) in [7, 11) is 0. The van der Waals surface area contributed by atoms with Crippen molar-refractivity contribution in [1.82, 2.24) is 14.6 Å². The molecule has 3 rings (SSSR count). The van der Waals surface area contributed by atoms with Crippen LogP contribution in [0.3, 0.4) is 0 Å². The first-order valence-corrected chi connectivity index (χ1v) is 14.0. The summed E-state index contributed by atoms with van der Waals surface area (Å²) in [4.78, 5) is 46.0. The molecule has 2 atom stereocenters. The van der Waals surface area contributed by atoms with Gasteiger partial charge < -0.3 is 41.1 Å². The number of benzene rings is 1. The van der Waals surface area contributed by atoms with Crippen molar-refractivity contribution in [3.63, 3.8) is 0 Å². The summed E-state index contributed by atoms with van der Waals surface area (Å²) in [6.45, 7) is 3.28. The van der Waals surface area contributed by atoms with E-state index < -0.39 is 54.3 Å². The zero-order chi connectivity index (χ0) is 31.4. The van der Waals surface area contributed by atoms with E-state index in [0.717, 1.165) is 56.1 Å². The Hall–Kier alpha value is -3.45. The lowest BCUT2D eigenvalue weighted by molar-refractivity contribution is -0.165. The zero-order valence-corrected chi connectivity index (χ0v) is 24.4. The Bertz CT molecular complexity index is 1220. The molecule has 3 amide bonds. The molecule has 42 heavy (non-hydrogen) atoms. The van der Waals surface area contributed by atoms with Gasteiger partial charge in [0.15, 0.2) is 12.2 Å². The van der Waals surface area contributed by atoms with E-state index >= 15 is 0 Å². The third kappa shape index (κ3) is 10.8. The second kappa shape index (κ2) is 16.9. The number of aliphatic hydroxyl groups excluding tert-OH is 2. The SMILES string of the molecule is NC(=O)c1c(OCc2c(F)cc(Br)cc2F)nsc1NC(=O)NCCCCN1CCCC1.O=C(O)C(O)C(O)C(=O)O. The van der Waals surface area contributed by atoms with E-state index in [1.54, 1.807) is 0 Å². The Morgan fingerprint density at radius 2 is 1.64 bits per heavy atom. The number of carbonyl (C=O) groups excluding carboxylic acids is 2. The molecule has 8 N–H and O–H groups in total. The van der Waals surface area contributed by atoms with E-state index in [-0.39, 0.29) is 26.5 Å². The van der Waals surface area contributed by atoms with Crippen molar-refractivity contribution in [2.24, 2.45) is 5.73 Å². The Morgan fingerprint density at radius 3 is 2.17 bits per heavy atom. The smallest absolute Gasteiger partial charge is 0.335 e. The van der Waals surface area contributed by atoms with Gasteiger partial charge in [-0.2, -0.15) is 4.37 Å². The number of urea groups is 1. The monoisotopic (exact) mass is 681 g/mol. The van der Waals surface area contributed by atoms with Crippen molar-refractivity contribution in [3.8, 4) is 5.88 Å². The summed E-state index contributed by atoms with van der Waals surface area (Å²) in [5.74, 6) is -6.24. The van der Waals surface area contributed by atoms with E-state index in [4.69, 9.17) is 30.9 Å². The maximum absolute atomic E-state index is 14.0. The van der Waals surface area contributed by atoms with Gasteiger partial charge >= 0.3 is 18.0 Å². The van der Waals surface area contributed by atoms with Gasteiger partial charge in [-0.05, 0) is 69.0 Å². The number of unbranched alkanes of at least 4 members (excludes halogenated alkanes) is 1. The van der Waals surface area contributed by atoms with Gasteiger partial charge in [-0.1, -0.05) is 15.9 Å². The van der Waals surface area contributed by atoms with Gasteiger partial charge in [0.05, 0.1) is 5.56 Å². The van der Waals surface area contributed by atoms with E-state index in [1.807, 2.05) is 0 Å².